The van der Waals surface area contributed by atoms with Gasteiger partial charge in [0.2, 0.25) is 5.91 Å². The second-order valence-corrected chi connectivity index (χ2v) is 8.70. The smallest absolute Gasteiger partial charge is 0.257 e. The standard InChI is InChI=1S/C21H32N4O3/c1-13-20(14(2)23(4)22-13)21(27)24-9-7-18(8-10-24)28-19-11-16-5-6-17(12-19)25(16)15(3)26/h16-19H,5-12H2,1-4H3/t16-,17+,19?. The second kappa shape index (κ2) is 7.50. The van der Waals surface area contributed by atoms with Crippen molar-refractivity contribution in [2.75, 3.05) is 13.1 Å². The van der Waals surface area contributed by atoms with Crippen LogP contribution in [0.2, 0.25) is 0 Å². The third-order valence-electron chi connectivity index (χ3n) is 6.89. The van der Waals surface area contributed by atoms with Crippen LogP contribution in [-0.2, 0) is 16.6 Å². The number of carbonyl (C=O) groups is 2. The number of amides is 2. The van der Waals surface area contributed by atoms with E-state index in [0.29, 0.717) is 12.1 Å². The van der Waals surface area contributed by atoms with Gasteiger partial charge in [-0.1, -0.05) is 0 Å². The van der Waals surface area contributed by atoms with Gasteiger partial charge in [-0.15, -0.1) is 0 Å². The number of likely N-dealkylation sites (tertiary alicyclic amines) is 1. The molecule has 3 aliphatic rings. The van der Waals surface area contributed by atoms with E-state index in [0.717, 1.165) is 68.6 Å². The summed E-state index contributed by atoms with van der Waals surface area (Å²) in [5.41, 5.74) is 2.47. The van der Waals surface area contributed by atoms with Crippen LogP contribution < -0.4 is 0 Å². The van der Waals surface area contributed by atoms with Gasteiger partial charge in [-0.3, -0.25) is 14.3 Å². The molecule has 1 unspecified atom stereocenters. The Balaban J connectivity index is 1.30. The number of aromatic nitrogens is 2. The maximum Gasteiger partial charge on any atom is 0.257 e. The van der Waals surface area contributed by atoms with Crippen molar-refractivity contribution < 1.29 is 14.3 Å². The van der Waals surface area contributed by atoms with Crippen molar-refractivity contribution >= 4 is 11.8 Å². The average molecular weight is 389 g/mol. The van der Waals surface area contributed by atoms with Gasteiger partial charge in [0.25, 0.3) is 5.91 Å². The van der Waals surface area contributed by atoms with Crippen LogP contribution >= 0.6 is 0 Å². The number of carbonyl (C=O) groups excluding carboxylic acids is 2. The molecule has 7 heteroatoms. The number of hydrogen-bond acceptors (Lipinski definition) is 4. The Labute approximate surface area is 167 Å². The Hall–Kier alpha value is -1.89. The fraction of sp³-hybridized carbons (Fsp3) is 0.762. The molecular formula is C21H32N4O3. The predicted molar refractivity (Wildman–Crippen MR) is 105 cm³/mol. The number of aryl methyl sites for hydroxylation is 2. The highest BCUT2D eigenvalue weighted by Crippen LogP contribution is 2.37. The molecule has 0 spiro atoms. The second-order valence-electron chi connectivity index (χ2n) is 8.70. The highest BCUT2D eigenvalue weighted by atomic mass is 16.5. The molecule has 4 rings (SSSR count). The predicted octanol–water partition coefficient (Wildman–Crippen LogP) is 2.20. The minimum Gasteiger partial charge on any atom is -0.375 e. The van der Waals surface area contributed by atoms with E-state index < -0.39 is 0 Å². The minimum atomic E-state index is 0.0920. The van der Waals surface area contributed by atoms with E-state index in [-0.39, 0.29) is 24.0 Å². The monoisotopic (exact) mass is 388 g/mol. The Morgan fingerprint density at radius 2 is 1.61 bits per heavy atom. The van der Waals surface area contributed by atoms with Crippen LogP contribution in [0.3, 0.4) is 0 Å². The van der Waals surface area contributed by atoms with Gasteiger partial charge in [-0.2, -0.15) is 5.10 Å². The minimum absolute atomic E-state index is 0.0920. The molecule has 0 N–H and O–H groups in total. The van der Waals surface area contributed by atoms with Crippen LogP contribution in [0.25, 0.3) is 0 Å². The number of piperidine rings is 2. The van der Waals surface area contributed by atoms with Crippen molar-refractivity contribution in [3.63, 3.8) is 0 Å². The Morgan fingerprint density at radius 1 is 1.00 bits per heavy atom. The molecule has 1 aromatic rings. The first kappa shape index (κ1) is 19.4. The molecule has 2 amide bonds. The maximum absolute atomic E-state index is 12.9. The van der Waals surface area contributed by atoms with Gasteiger partial charge >= 0.3 is 0 Å². The molecule has 3 aliphatic heterocycles. The molecule has 3 atom stereocenters. The van der Waals surface area contributed by atoms with E-state index in [1.54, 1.807) is 11.6 Å². The number of nitrogens with zero attached hydrogens (tertiary/aromatic N) is 4. The lowest BCUT2D eigenvalue weighted by molar-refractivity contribution is -0.138. The van der Waals surface area contributed by atoms with Crippen LogP contribution in [0.5, 0.6) is 0 Å². The summed E-state index contributed by atoms with van der Waals surface area (Å²) < 4.78 is 8.21. The molecule has 0 saturated carbocycles. The average Bonchev–Trinajstić information content (AvgIpc) is 3.07. The van der Waals surface area contributed by atoms with Gasteiger partial charge in [0.1, 0.15) is 0 Å². The summed E-state index contributed by atoms with van der Waals surface area (Å²) in [4.78, 5) is 28.8. The van der Waals surface area contributed by atoms with Crippen LogP contribution in [0.4, 0.5) is 0 Å². The molecular weight excluding hydrogens is 356 g/mol. The van der Waals surface area contributed by atoms with E-state index in [1.807, 2.05) is 25.8 Å². The van der Waals surface area contributed by atoms with Gasteiger partial charge in [-0.25, -0.2) is 0 Å². The number of rotatable bonds is 3. The summed E-state index contributed by atoms with van der Waals surface area (Å²) in [6.07, 6.45) is 6.38. The van der Waals surface area contributed by atoms with Crippen LogP contribution in [0.1, 0.15) is 67.2 Å². The van der Waals surface area contributed by atoms with E-state index in [9.17, 15) is 9.59 Å². The normalized spacial score (nSPS) is 28.1. The summed E-state index contributed by atoms with van der Waals surface area (Å²) in [5, 5.41) is 4.37. The lowest BCUT2D eigenvalue weighted by Gasteiger charge is -2.41. The molecule has 7 nitrogen and oxygen atoms in total. The number of ether oxygens (including phenoxy) is 1. The fourth-order valence-corrected chi connectivity index (χ4v) is 5.46. The maximum atomic E-state index is 12.9. The van der Waals surface area contributed by atoms with Crippen molar-refractivity contribution in [3.05, 3.63) is 17.0 Å². The van der Waals surface area contributed by atoms with Crippen molar-refractivity contribution in [3.8, 4) is 0 Å². The molecule has 154 valence electrons. The van der Waals surface area contributed by atoms with Gasteiger partial charge in [0, 0.05) is 44.8 Å². The van der Waals surface area contributed by atoms with Crippen molar-refractivity contribution in [2.24, 2.45) is 7.05 Å². The lowest BCUT2D eigenvalue weighted by atomic mass is 9.98. The highest BCUT2D eigenvalue weighted by molar-refractivity contribution is 5.96. The summed E-state index contributed by atoms with van der Waals surface area (Å²) >= 11 is 0. The SMILES string of the molecule is CC(=O)N1[C@@H]2CC[C@H]1CC(OC1CCN(C(=O)c3c(C)nn(C)c3C)CC1)C2. The van der Waals surface area contributed by atoms with E-state index in [4.69, 9.17) is 4.74 Å². The lowest BCUT2D eigenvalue weighted by Crippen LogP contribution is -2.49. The van der Waals surface area contributed by atoms with Crippen LogP contribution in [0, 0.1) is 13.8 Å². The first-order valence-corrected chi connectivity index (χ1v) is 10.6. The van der Waals surface area contributed by atoms with E-state index in [2.05, 4.69) is 10.00 Å². The van der Waals surface area contributed by atoms with Crippen LogP contribution in [0.15, 0.2) is 0 Å². The molecule has 3 saturated heterocycles. The molecule has 28 heavy (non-hydrogen) atoms. The summed E-state index contributed by atoms with van der Waals surface area (Å²) in [6.45, 7) is 7.00. The molecule has 3 fully saturated rings. The zero-order chi connectivity index (χ0) is 20.0. The van der Waals surface area contributed by atoms with Crippen molar-refractivity contribution in [1.29, 1.82) is 0 Å². The van der Waals surface area contributed by atoms with E-state index in [1.165, 1.54) is 0 Å². The van der Waals surface area contributed by atoms with Gasteiger partial charge < -0.3 is 14.5 Å². The highest BCUT2D eigenvalue weighted by Gasteiger charge is 2.43. The van der Waals surface area contributed by atoms with Crippen molar-refractivity contribution in [2.45, 2.75) is 83.6 Å². The zero-order valence-electron chi connectivity index (χ0n) is 17.5. The number of fused-ring (bicyclic) bond motifs is 2. The third-order valence-corrected chi connectivity index (χ3v) is 6.89. The summed E-state index contributed by atoms with van der Waals surface area (Å²) in [6, 6.07) is 0.721. The Bertz CT molecular complexity index is 752. The fourth-order valence-electron chi connectivity index (χ4n) is 5.46. The summed E-state index contributed by atoms with van der Waals surface area (Å²) in [5.74, 6) is 0.299. The quantitative estimate of drug-likeness (QED) is 0.796. The van der Waals surface area contributed by atoms with Gasteiger partial charge in [-0.05, 0) is 52.4 Å². The van der Waals surface area contributed by atoms with Gasteiger partial charge in [0.05, 0.1) is 23.5 Å². The van der Waals surface area contributed by atoms with Crippen LogP contribution in [-0.4, -0.2) is 68.8 Å². The topological polar surface area (TPSA) is 67.7 Å². The molecule has 0 aliphatic carbocycles. The van der Waals surface area contributed by atoms with Crippen molar-refractivity contribution in [1.82, 2.24) is 19.6 Å². The Morgan fingerprint density at radius 3 is 2.11 bits per heavy atom. The number of hydrogen-bond donors (Lipinski definition) is 0. The Kier molecular flexibility index (Phi) is 5.21. The third kappa shape index (κ3) is 3.45. The largest absolute Gasteiger partial charge is 0.375 e. The molecule has 0 radical (unpaired) electrons. The molecule has 0 aromatic carbocycles. The molecule has 4 heterocycles. The van der Waals surface area contributed by atoms with E-state index >= 15 is 0 Å². The summed E-state index contributed by atoms with van der Waals surface area (Å²) in [7, 11) is 1.88. The first-order valence-electron chi connectivity index (χ1n) is 10.6. The first-order chi connectivity index (χ1) is 13.3. The van der Waals surface area contributed by atoms with Gasteiger partial charge in [0.15, 0.2) is 0 Å². The molecule has 1 aromatic heterocycles. The molecule has 2 bridgehead atoms. The zero-order valence-corrected chi connectivity index (χ0v) is 17.5.